The molecule has 3 fully saturated rings. The number of carbonyl (C=O) groups excluding carboxylic acids is 5. The van der Waals surface area contributed by atoms with Crippen molar-refractivity contribution in [1.82, 2.24) is 14.7 Å². The summed E-state index contributed by atoms with van der Waals surface area (Å²) in [6, 6.07) is 10.9. The lowest BCUT2D eigenvalue weighted by atomic mass is 9.94. The van der Waals surface area contributed by atoms with Crippen molar-refractivity contribution in [3.63, 3.8) is 0 Å². The Hall–Kier alpha value is -4.48. The number of nitrogens with one attached hydrogen (secondary N) is 1. The zero-order valence-electron chi connectivity index (χ0n) is 26.5. The fourth-order valence-corrected chi connectivity index (χ4v) is 6.40. The topological polar surface area (TPSA) is 126 Å². The number of anilines is 1. The Morgan fingerprint density at radius 2 is 1.80 bits per heavy atom. The number of amides is 5. The highest BCUT2D eigenvalue weighted by molar-refractivity contribution is 6.06. The summed E-state index contributed by atoms with van der Waals surface area (Å²) in [6.45, 7) is 7.60. The first-order valence-electron chi connectivity index (χ1n) is 15.7. The summed E-state index contributed by atoms with van der Waals surface area (Å²) in [5, 5.41) is 2.88. The molecule has 6 rings (SSSR count). The second-order valence-electron chi connectivity index (χ2n) is 13.8. The largest absolute Gasteiger partial charge is 0.444 e. The van der Waals surface area contributed by atoms with Crippen molar-refractivity contribution in [2.45, 2.75) is 77.2 Å². The van der Waals surface area contributed by atoms with Crippen molar-refractivity contribution < 1.29 is 37.8 Å². The van der Waals surface area contributed by atoms with E-state index in [1.807, 2.05) is 6.92 Å². The molecule has 2 atom stereocenters. The number of likely N-dealkylation sites (tertiary alicyclic amines) is 1. The quantitative estimate of drug-likeness (QED) is 0.451. The van der Waals surface area contributed by atoms with Crippen molar-refractivity contribution in [2.24, 2.45) is 11.8 Å². The number of nitrogens with zero attached hydrogens (tertiary/aromatic N) is 3. The van der Waals surface area contributed by atoms with Gasteiger partial charge in [0.25, 0.3) is 5.91 Å². The van der Waals surface area contributed by atoms with Gasteiger partial charge in [0.05, 0.1) is 5.92 Å². The molecule has 0 aromatic heterocycles. The molecular weight excluding hydrogens is 595 g/mol. The Bertz CT molecular complexity index is 1580. The highest BCUT2D eigenvalue weighted by Crippen LogP contribution is 2.46. The molecule has 2 saturated heterocycles. The molecule has 2 aliphatic carbocycles. The van der Waals surface area contributed by atoms with E-state index in [1.54, 1.807) is 56.0 Å². The first-order chi connectivity index (χ1) is 21.7. The van der Waals surface area contributed by atoms with E-state index in [2.05, 4.69) is 5.32 Å². The monoisotopic (exact) mass is 634 g/mol. The fraction of sp³-hybridized carbons (Fsp3) is 0.500. The van der Waals surface area contributed by atoms with E-state index in [9.17, 15) is 28.4 Å². The molecule has 4 aliphatic rings. The van der Waals surface area contributed by atoms with Gasteiger partial charge in [-0.05, 0) is 88.3 Å². The summed E-state index contributed by atoms with van der Waals surface area (Å²) in [7, 11) is 0. The number of carbonyl (C=O) groups is 5. The van der Waals surface area contributed by atoms with Crippen LogP contribution in [0.1, 0.15) is 63.6 Å². The molecule has 0 radical (unpaired) electrons. The highest BCUT2D eigenvalue weighted by atomic mass is 19.1. The molecule has 0 bridgehead atoms. The van der Waals surface area contributed by atoms with Crippen LogP contribution in [0.15, 0.2) is 42.5 Å². The number of halogens is 1. The van der Waals surface area contributed by atoms with Crippen LogP contribution in [0.25, 0.3) is 0 Å². The van der Waals surface area contributed by atoms with Crippen LogP contribution in [0, 0.1) is 17.7 Å². The highest BCUT2D eigenvalue weighted by Gasteiger charge is 2.58. The second kappa shape index (κ2) is 11.7. The van der Waals surface area contributed by atoms with Gasteiger partial charge in [-0.15, -0.1) is 0 Å². The van der Waals surface area contributed by atoms with E-state index in [0.29, 0.717) is 23.6 Å². The molecule has 2 aliphatic heterocycles. The second-order valence-corrected chi connectivity index (χ2v) is 13.8. The third kappa shape index (κ3) is 6.17. The van der Waals surface area contributed by atoms with Gasteiger partial charge in [0.2, 0.25) is 17.4 Å². The van der Waals surface area contributed by atoms with Crippen LogP contribution in [0.3, 0.4) is 0 Å². The smallest absolute Gasteiger partial charge is 0.418 e. The summed E-state index contributed by atoms with van der Waals surface area (Å²) in [5.74, 6) is -1.61. The number of ether oxygens (including phenoxy) is 2. The number of aryl methyl sites for hydroxylation is 1. The zero-order valence-corrected chi connectivity index (χ0v) is 26.5. The van der Waals surface area contributed by atoms with Gasteiger partial charge >= 0.3 is 12.2 Å². The average Bonchev–Trinajstić information content (AvgIpc) is 3.71. The van der Waals surface area contributed by atoms with Crippen molar-refractivity contribution in [2.75, 3.05) is 25.0 Å². The first kappa shape index (κ1) is 31.5. The summed E-state index contributed by atoms with van der Waals surface area (Å²) in [4.78, 5) is 69.6. The van der Waals surface area contributed by atoms with E-state index in [1.165, 1.54) is 17.0 Å². The summed E-state index contributed by atoms with van der Waals surface area (Å²) in [6.07, 6.45) is 1.32. The lowest BCUT2D eigenvalue weighted by molar-refractivity contribution is -0.143. The Morgan fingerprint density at radius 3 is 2.46 bits per heavy atom. The molecule has 5 amide bonds. The third-order valence-corrected chi connectivity index (χ3v) is 9.21. The predicted octanol–water partition coefficient (Wildman–Crippen LogP) is 4.58. The van der Waals surface area contributed by atoms with Gasteiger partial charge in [-0.25, -0.2) is 18.9 Å². The average molecular weight is 635 g/mol. The first-order valence-corrected chi connectivity index (χ1v) is 15.7. The maximum Gasteiger partial charge on any atom is 0.418 e. The lowest BCUT2D eigenvalue weighted by Gasteiger charge is -2.38. The molecule has 2 heterocycles. The molecule has 1 saturated carbocycles. The Morgan fingerprint density at radius 1 is 1.11 bits per heavy atom. The molecule has 2 aromatic carbocycles. The molecule has 46 heavy (non-hydrogen) atoms. The minimum Gasteiger partial charge on any atom is -0.444 e. The van der Waals surface area contributed by atoms with Gasteiger partial charge in [-0.3, -0.25) is 14.4 Å². The number of benzene rings is 2. The zero-order chi connectivity index (χ0) is 33.0. The molecule has 1 N–H and O–H groups in total. The number of hydrogen-bond donors (Lipinski definition) is 1. The summed E-state index contributed by atoms with van der Waals surface area (Å²) >= 11 is 0. The number of rotatable bonds is 8. The molecule has 11 nitrogen and oxygen atoms in total. The number of hydrogen-bond acceptors (Lipinski definition) is 7. The number of imide groups is 1. The SMILES string of the molecule is C[C@@H](C1CC1)N(Cc1ccc(F)cc1)C(=O)CN1C(=O)OC2(CCc3cc(NC(=O)C4CN(C(=O)OC(C)(C)C)C4)ccc32)C1=O. The minimum absolute atomic E-state index is 0.110. The van der Waals surface area contributed by atoms with E-state index >= 15 is 0 Å². The van der Waals surface area contributed by atoms with Crippen LogP contribution in [-0.2, 0) is 42.4 Å². The van der Waals surface area contributed by atoms with Crippen molar-refractivity contribution in [3.05, 3.63) is 65.0 Å². The van der Waals surface area contributed by atoms with Gasteiger partial charge < -0.3 is 24.6 Å². The van der Waals surface area contributed by atoms with E-state index in [-0.39, 0.29) is 55.6 Å². The molecule has 244 valence electrons. The normalized spacial score (nSPS) is 21.5. The molecule has 1 spiro atoms. The predicted molar refractivity (Wildman–Crippen MR) is 164 cm³/mol. The molecule has 2 aromatic rings. The molecule has 1 unspecified atom stereocenters. The van der Waals surface area contributed by atoms with E-state index in [4.69, 9.17) is 9.47 Å². The van der Waals surface area contributed by atoms with Gasteiger partial charge in [0.15, 0.2) is 0 Å². The van der Waals surface area contributed by atoms with Crippen LogP contribution in [-0.4, -0.2) is 75.9 Å². The molecule has 12 heteroatoms. The van der Waals surface area contributed by atoms with Gasteiger partial charge in [-0.2, -0.15) is 0 Å². The molecular formula is C34H39FN4O7. The summed E-state index contributed by atoms with van der Waals surface area (Å²) < 4.78 is 24.6. The van der Waals surface area contributed by atoms with Crippen LogP contribution in [0.4, 0.5) is 19.7 Å². The summed E-state index contributed by atoms with van der Waals surface area (Å²) in [5.41, 5.74) is 0.434. The van der Waals surface area contributed by atoms with E-state index < -0.39 is 35.8 Å². The van der Waals surface area contributed by atoms with Crippen LogP contribution in [0.5, 0.6) is 0 Å². The van der Waals surface area contributed by atoms with Crippen LogP contribution in [0.2, 0.25) is 0 Å². The Labute approximate surface area is 267 Å². The van der Waals surface area contributed by atoms with Crippen molar-refractivity contribution in [1.29, 1.82) is 0 Å². The van der Waals surface area contributed by atoms with E-state index in [0.717, 1.165) is 28.9 Å². The van der Waals surface area contributed by atoms with Crippen LogP contribution >= 0.6 is 0 Å². The maximum absolute atomic E-state index is 13.8. The maximum atomic E-state index is 13.8. The van der Waals surface area contributed by atoms with Crippen LogP contribution < -0.4 is 5.32 Å². The van der Waals surface area contributed by atoms with Crippen molar-refractivity contribution in [3.8, 4) is 0 Å². The lowest BCUT2D eigenvalue weighted by Crippen LogP contribution is -2.55. The Balaban J connectivity index is 1.10. The Kier molecular flexibility index (Phi) is 8.02. The van der Waals surface area contributed by atoms with Crippen molar-refractivity contribution >= 4 is 35.6 Å². The standard InChI is InChI=1S/C34H39FN4O7/c1-20(22-7-8-22)38(16-21-5-9-25(35)10-6-21)28(40)19-39-30(42)34(46-32(39)44)14-13-23-15-26(11-12-27(23)34)36-29(41)24-17-37(18-24)31(43)45-33(2,3)4/h5-6,9-12,15,20,22,24H,7-8,13-14,16-19H2,1-4H3,(H,36,41)/t20-,34?/m0/s1. The van der Waals surface area contributed by atoms with Gasteiger partial charge in [-0.1, -0.05) is 18.2 Å². The number of fused-ring (bicyclic) bond motifs is 2. The van der Waals surface area contributed by atoms with Gasteiger partial charge in [0.1, 0.15) is 18.0 Å². The minimum atomic E-state index is -1.53. The third-order valence-electron chi connectivity index (χ3n) is 9.21. The fourth-order valence-electron chi connectivity index (χ4n) is 6.40. The van der Waals surface area contributed by atoms with Gasteiger partial charge in [0, 0.05) is 43.3 Å².